The number of benzene rings is 2. The van der Waals surface area contributed by atoms with E-state index in [1.165, 1.54) is 16.7 Å². The molecule has 1 fully saturated rings. The minimum atomic E-state index is 0.122. The van der Waals surface area contributed by atoms with Crippen LogP contribution in [-0.2, 0) is 24.4 Å². The van der Waals surface area contributed by atoms with Gasteiger partial charge in [0.1, 0.15) is 5.82 Å². The van der Waals surface area contributed by atoms with Crippen LogP contribution in [0.15, 0.2) is 60.9 Å². The molecule has 4 rings (SSSR count). The summed E-state index contributed by atoms with van der Waals surface area (Å²) in [5.41, 5.74) is 5.03. The van der Waals surface area contributed by atoms with Crippen molar-refractivity contribution in [1.82, 2.24) is 19.8 Å². The monoisotopic (exact) mass is 416 g/mol. The summed E-state index contributed by atoms with van der Waals surface area (Å²) >= 11 is 0. The van der Waals surface area contributed by atoms with Crippen LogP contribution >= 0.6 is 0 Å². The van der Waals surface area contributed by atoms with Crippen molar-refractivity contribution < 1.29 is 4.79 Å². The first-order valence-corrected chi connectivity index (χ1v) is 11.2. The van der Waals surface area contributed by atoms with E-state index in [9.17, 15) is 4.79 Å². The third kappa shape index (κ3) is 5.82. The van der Waals surface area contributed by atoms with Crippen molar-refractivity contribution in [2.45, 2.75) is 46.3 Å². The van der Waals surface area contributed by atoms with Crippen molar-refractivity contribution in [3.63, 3.8) is 0 Å². The van der Waals surface area contributed by atoms with Crippen molar-refractivity contribution in [2.24, 2.45) is 5.92 Å². The van der Waals surface area contributed by atoms with Crippen molar-refractivity contribution in [3.05, 3.63) is 89.0 Å². The molecule has 1 saturated heterocycles. The molecular weight excluding hydrogens is 384 g/mol. The van der Waals surface area contributed by atoms with Crippen LogP contribution in [0.1, 0.15) is 40.9 Å². The summed E-state index contributed by atoms with van der Waals surface area (Å²) in [6.07, 6.45) is 5.68. The van der Waals surface area contributed by atoms with E-state index >= 15 is 0 Å². The lowest BCUT2D eigenvalue weighted by Crippen LogP contribution is -2.40. The number of aromatic nitrogens is 2. The number of likely N-dealkylation sites (tertiary alicyclic amines) is 1. The summed E-state index contributed by atoms with van der Waals surface area (Å²) in [6.45, 7) is 8.49. The fourth-order valence-electron chi connectivity index (χ4n) is 4.29. The molecule has 2 heterocycles. The normalized spacial score (nSPS) is 15.2. The molecule has 1 aliphatic rings. The molecule has 1 aromatic heterocycles. The molecule has 162 valence electrons. The molecule has 0 spiro atoms. The van der Waals surface area contributed by atoms with Gasteiger partial charge in [-0.25, -0.2) is 4.98 Å². The molecule has 5 heteroatoms. The Hall–Kier alpha value is -2.92. The Morgan fingerprint density at radius 2 is 1.74 bits per heavy atom. The molecular formula is C26H32N4O. The van der Waals surface area contributed by atoms with Crippen LogP contribution in [0.25, 0.3) is 0 Å². The summed E-state index contributed by atoms with van der Waals surface area (Å²) in [7, 11) is 0. The molecule has 0 unspecified atom stereocenters. The maximum absolute atomic E-state index is 12.7. The third-order valence-corrected chi connectivity index (χ3v) is 6.21. The summed E-state index contributed by atoms with van der Waals surface area (Å²) in [4.78, 5) is 19.4. The number of imidazole rings is 1. The molecule has 0 radical (unpaired) electrons. The Balaban J connectivity index is 1.21. The Labute approximate surface area is 185 Å². The minimum Gasteiger partial charge on any atom is -0.352 e. The maximum Gasteiger partial charge on any atom is 0.223 e. The van der Waals surface area contributed by atoms with Gasteiger partial charge in [-0.2, -0.15) is 0 Å². The lowest BCUT2D eigenvalue weighted by atomic mass is 9.95. The number of nitrogens with one attached hydrogen (secondary N) is 1. The van der Waals surface area contributed by atoms with Crippen LogP contribution in [0.2, 0.25) is 0 Å². The first kappa shape index (κ1) is 21.3. The van der Waals surface area contributed by atoms with Gasteiger partial charge in [-0.3, -0.25) is 9.69 Å². The van der Waals surface area contributed by atoms with Gasteiger partial charge < -0.3 is 9.88 Å². The van der Waals surface area contributed by atoms with Gasteiger partial charge >= 0.3 is 0 Å². The highest BCUT2D eigenvalue weighted by molar-refractivity contribution is 5.78. The molecule has 2 aromatic carbocycles. The number of amides is 1. The molecule has 1 N–H and O–H groups in total. The predicted molar refractivity (Wildman–Crippen MR) is 124 cm³/mol. The second-order valence-corrected chi connectivity index (χ2v) is 8.68. The number of piperidine rings is 1. The highest BCUT2D eigenvalue weighted by atomic mass is 16.1. The third-order valence-electron chi connectivity index (χ3n) is 6.21. The Bertz CT molecular complexity index is 1000. The van der Waals surface area contributed by atoms with Crippen molar-refractivity contribution in [1.29, 1.82) is 0 Å². The van der Waals surface area contributed by atoms with E-state index in [1.54, 1.807) is 0 Å². The number of rotatable bonds is 7. The largest absolute Gasteiger partial charge is 0.352 e. The van der Waals surface area contributed by atoms with E-state index in [-0.39, 0.29) is 11.8 Å². The maximum atomic E-state index is 12.7. The SMILES string of the molecule is Cc1cccc(CN2CCC(C(=O)NCc3ccc(Cn4ccnc4C)cc3)CC2)c1. The second kappa shape index (κ2) is 9.92. The first-order chi connectivity index (χ1) is 15.1. The molecule has 0 atom stereocenters. The smallest absolute Gasteiger partial charge is 0.223 e. The highest BCUT2D eigenvalue weighted by Crippen LogP contribution is 2.20. The van der Waals surface area contributed by atoms with Gasteiger partial charge in [-0.15, -0.1) is 0 Å². The minimum absolute atomic E-state index is 0.122. The number of aryl methyl sites for hydroxylation is 2. The lowest BCUT2D eigenvalue weighted by molar-refractivity contribution is -0.126. The molecule has 0 bridgehead atoms. The number of carbonyl (C=O) groups excluding carboxylic acids is 1. The fourth-order valence-corrected chi connectivity index (χ4v) is 4.29. The zero-order chi connectivity index (χ0) is 21.6. The summed E-state index contributed by atoms with van der Waals surface area (Å²) < 4.78 is 2.13. The lowest BCUT2D eigenvalue weighted by Gasteiger charge is -2.31. The van der Waals surface area contributed by atoms with Crippen LogP contribution in [0.5, 0.6) is 0 Å². The number of hydrogen-bond donors (Lipinski definition) is 1. The Morgan fingerprint density at radius 3 is 2.42 bits per heavy atom. The summed E-state index contributed by atoms with van der Waals surface area (Å²) in [6, 6.07) is 17.2. The predicted octanol–water partition coefficient (Wildman–Crippen LogP) is 4.08. The molecule has 1 aliphatic heterocycles. The van der Waals surface area contributed by atoms with Crippen molar-refractivity contribution in [3.8, 4) is 0 Å². The van der Waals surface area contributed by atoms with E-state index < -0.39 is 0 Å². The number of hydrogen-bond acceptors (Lipinski definition) is 3. The molecule has 0 aliphatic carbocycles. The van der Waals surface area contributed by atoms with Gasteiger partial charge in [-0.1, -0.05) is 54.1 Å². The average Bonchev–Trinajstić information content (AvgIpc) is 3.18. The van der Waals surface area contributed by atoms with Gasteiger partial charge in [0.15, 0.2) is 0 Å². The quantitative estimate of drug-likeness (QED) is 0.631. The standard InChI is InChI=1S/C26H32N4O/c1-20-4-3-5-24(16-20)18-29-13-10-25(11-14-29)26(31)28-17-22-6-8-23(9-7-22)19-30-15-12-27-21(30)2/h3-9,12,15-16,25H,10-11,13-14,17-19H2,1-2H3,(H,28,31). The van der Waals surface area contributed by atoms with E-state index in [0.29, 0.717) is 6.54 Å². The molecule has 31 heavy (non-hydrogen) atoms. The van der Waals surface area contributed by atoms with Crippen molar-refractivity contribution >= 4 is 5.91 Å². The molecule has 3 aromatic rings. The van der Waals surface area contributed by atoms with Gasteiger partial charge in [0.05, 0.1) is 0 Å². The number of nitrogens with zero attached hydrogens (tertiary/aromatic N) is 3. The van der Waals surface area contributed by atoms with E-state index in [4.69, 9.17) is 0 Å². The van der Waals surface area contributed by atoms with E-state index in [0.717, 1.165) is 50.4 Å². The zero-order valence-electron chi connectivity index (χ0n) is 18.6. The van der Waals surface area contributed by atoms with Crippen LogP contribution in [0.3, 0.4) is 0 Å². The van der Waals surface area contributed by atoms with Gasteiger partial charge in [0.25, 0.3) is 0 Å². The molecule has 5 nitrogen and oxygen atoms in total. The average molecular weight is 417 g/mol. The highest BCUT2D eigenvalue weighted by Gasteiger charge is 2.24. The van der Waals surface area contributed by atoms with Gasteiger partial charge in [-0.05, 0) is 56.5 Å². The van der Waals surface area contributed by atoms with E-state index in [1.807, 2.05) is 19.3 Å². The van der Waals surface area contributed by atoms with Crippen LogP contribution < -0.4 is 5.32 Å². The van der Waals surface area contributed by atoms with Crippen LogP contribution in [0.4, 0.5) is 0 Å². The molecule has 0 saturated carbocycles. The fraction of sp³-hybridized carbons (Fsp3) is 0.385. The summed E-state index contributed by atoms with van der Waals surface area (Å²) in [5.74, 6) is 1.33. The van der Waals surface area contributed by atoms with Gasteiger partial charge in [0, 0.05) is 37.9 Å². The molecule has 1 amide bonds. The van der Waals surface area contributed by atoms with Crippen LogP contribution in [-0.4, -0.2) is 33.4 Å². The number of carbonyl (C=O) groups is 1. The Morgan fingerprint density at radius 1 is 1.00 bits per heavy atom. The van der Waals surface area contributed by atoms with E-state index in [2.05, 4.69) is 75.2 Å². The second-order valence-electron chi connectivity index (χ2n) is 8.68. The van der Waals surface area contributed by atoms with Crippen LogP contribution in [0, 0.1) is 19.8 Å². The summed E-state index contributed by atoms with van der Waals surface area (Å²) in [5, 5.41) is 3.14. The zero-order valence-corrected chi connectivity index (χ0v) is 18.6. The van der Waals surface area contributed by atoms with Gasteiger partial charge in [0.2, 0.25) is 5.91 Å². The van der Waals surface area contributed by atoms with Crippen molar-refractivity contribution in [2.75, 3.05) is 13.1 Å². The Kier molecular flexibility index (Phi) is 6.82. The topological polar surface area (TPSA) is 50.2 Å². The first-order valence-electron chi connectivity index (χ1n) is 11.2.